The van der Waals surface area contributed by atoms with Crippen LogP contribution in [0.5, 0.6) is 0 Å². The van der Waals surface area contributed by atoms with Gasteiger partial charge in [0.2, 0.25) is 0 Å². The minimum Gasteiger partial charge on any atom is -0.0654 e. The first-order valence-corrected chi connectivity index (χ1v) is 78.5. The van der Waals surface area contributed by atoms with Gasteiger partial charge in [0.25, 0.3) is 0 Å². The van der Waals surface area contributed by atoms with Gasteiger partial charge in [-0.3, -0.25) is 0 Å². The van der Waals surface area contributed by atoms with Gasteiger partial charge in [0, 0.05) is 213 Å². The molecule has 73 atom stereocenters. The summed E-state index contributed by atoms with van der Waals surface area (Å²) in [5, 5.41) is 0. The molecule has 0 aliphatic heterocycles. The molecule has 23 heteroatoms. The first kappa shape index (κ1) is 62.7. The van der Waals surface area contributed by atoms with Gasteiger partial charge in [-0.15, -0.1) is 0 Å². The van der Waals surface area contributed by atoms with Crippen molar-refractivity contribution >= 4 is 213 Å². The lowest BCUT2D eigenvalue weighted by molar-refractivity contribution is -1.22. The molecule has 0 heterocycles. The molecule has 51 rings (SSSR count). The zero-order valence-corrected chi connectivity index (χ0v) is 84.4. The van der Waals surface area contributed by atoms with Crippen molar-refractivity contribution in [3.63, 3.8) is 0 Å². The lowest BCUT2D eigenvalue weighted by Gasteiger charge is -3.66. The highest BCUT2D eigenvalue weighted by molar-refractivity contribution is 8.75. The van der Waals surface area contributed by atoms with Gasteiger partial charge in [0.1, 0.15) is 0 Å². The lowest BCUT2D eigenvalue weighted by Crippen LogP contribution is -3.65. The van der Waals surface area contributed by atoms with E-state index in [0.717, 1.165) is 162 Å². The molecule has 51 fully saturated rings. The average molecular weight is 1970 g/mol. The molecule has 118 heavy (non-hydrogen) atoms. The molecular formula is C95H90S23. The van der Waals surface area contributed by atoms with Crippen molar-refractivity contribution in [1.29, 1.82) is 0 Å². The first-order chi connectivity index (χ1) is 58.3. The number of hydrogen-bond donors (Lipinski definition) is 0. The second kappa shape index (κ2) is 14.4. The predicted octanol–water partition coefficient (Wildman–Crippen LogP) is 14.2. The molecule has 51 saturated carbocycles. The van der Waals surface area contributed by atoms with Gasteiger partial charge >= 0.3 is 0 Å². The Morgan fingerprint density at radius 2 is 0.864 bits per heavy atom. The second-order valence-electron chi connectivity index (χ2n) is 56.9. The Hall–Kier alpha value is 5.06. The normalized spacial score (nSPS) is 93.3. The maximum Gasteiger partial charge on any atom is 0 e. The van der Waals surface area contributed by atoms with Crippen LogP contribution < -0.4 is 0 Å². The van der Waals surface area contributed by atoms with Gasteiger partial charge in [-0.1, -0.05) is 78.6 Å². The Labute approximate surface area is 762 Å². The molecule has 0 aromatic rings. The van der Waals surface area contributed by atoms with E-state index < -0.39 is 0 Å². The standard InChI is InChI=1S/C95H90.S12.S11/c1-4-13-30-33-22-67-63-72(33)65-70(30)23(2)45-54-49-36-25-15-10-6-8-12-19-69-51(47-32-21-31-37-40-42-39-35-28-20-27-24(25)14-9-5-7-11-18-68(47,69)71(31,32)48(37)44(40)43(42)41(39)38(35)34(27)28)53-57-59-56-52-46-26-16-17-29(26)66(46,3)75(52)64(67)86-78(56,75)81(59)77(57)74(53,69)62-61-60-58-55-50(36)73(49)79(54)76(45,70)87(65)90(72)88(63)89(67,86)94-84(61,85(62,77)92(81,86)94)83(60)82(58)80(55,73)91(79,87)95(82,90)93(83,88)94;1-3-5-7-9-11-12-10-8-6-4-2;1-3-5-7-9-11-10-8-6-4-2/h23-65H,4-22H2,1-3H3;;. The quantitative estimate of drug-likeness (QED) is 0.270. The van der Waals surface area contributed by atoms with E-state index in [4.69, 9.17) is 0 Å². The summed E-state index contributed by atoms with van der Waals surface area (Å²) in [5.41, 5.74) is 29.9. The van der Waals surface area contributed by atoms with Crippen LogP contribution in [0.15, 0.2) is 0 Å². The number of rotatable bonds is 2. The molecule has 0 saturated heterocycles. The summed E-state index contributed by atoms with van der Waals surface area (Å²) in [7, 11) is 30.8. The minimum absolute atomic E-state index is 0.845. The van der Waals surface area contributed by atoms with Crippen LogP contribution in [0.2, 0.25) is 0 Å². The first-order valence-electron chi connectivity index (χ1n) is 50.5. The lowest BCUT2D eigenvalue weighted by atomic mass is 8.36. The van der Waals surface area contributed by atoms with Crippen LogP contribution in [0.3, 0.4) is 0 Å². The highest BCUT2D eigenvalue weighted by Gasteiger charge is 3.70. The molecule has 73 unspecified atom stereocenters. The Balaban J connectivity index is 0.000000216. The fourth-order valence-electron chi connectivity index (χ4n) is 82.8. The van der Waals surface area contributed by atoms with Crippen molar-refractivity contribution in [2.24, 2.45) is 417 Å². The van der Waals surface area contributed by atoms with E-state index in [1.807, 2.05) is 32.1 Å². The van der Waals surface area contributed by atoms with Gasteiger partial charge in [-0.05, 0) is 481 Å². The molecular weight excluding hydrogens is 1880 g/mol. The summed E-state index contributed by atoms with van der Waals surface area (Å²) in [6.07, 6.45) is 33.7. The van der Waals surface area contributed by atoms with Crippen LogP contribution >= 0.6 is 0 Å². The highest BCUT2D eigenvalue weighted by Crippen LogP contribution is 3.71. The molecule has 4 bridgehead atoms. The maximum absolute atomic E-state index is 4.69. The molecule has 0 radical (unpaired) electrons. The largest absolute Gasteiger partial charge is 0.0654 e. The summed E-state index contributed by atoms with van der Waals surface area (Å²) >= 11 is 18.7. The summed E-state index contributed by atoms with van der Waals surface area (Å²) < 4.78 is 0. The minimum atomic E-state index is 0.845. The Morgan fingerprint density at radius 3 is 1.58 bits per heavy atom. The smallest absolute Gasteiger partial charge is 0 e. The van der Waals surface area contributed by atoms with Crippen LogP contribution in [0, 0.1) is 417 Å². The van der Waals surface area contributed by atoms with E-state index >= 15 is 0 Å². The molecule has 29 spiro atoms. The van der Waals surface area contributed by atoms with Gasteiger partial charge in [-0.25, -0.2) is 0 Å². The van der Waals surface area contributed by atoms with E-state index in [0.29, 0.717) is 0 Å². The van der Waals surface area contributed by atoms with Crippen LogP contribution in [0.4, 0.5) is 0 Å². The van der Waals surface area contributed by atoms with E-state index in [9.17, 15) is 0 Å². The van der Waals surface area contributed by atoms with Gasteiger partial charge in [0.05, 0.1) is 0 Å². The monoisotopic (exact) mass is 1970 g/mol. The maximum atomic E-state index is 4.69. The summed E-state index contributed by atoms with van der Waals surface area (Å²) in [6, 6.07) is 0. The molecule has 0 amide bonds. The molecule has 51 aliphatic rings. The van der Waals surface area contributed by atoms with Crippen molar-refractivity contribution in [2.45, 2.75) is 143 Å². The summed E-state index contributed by atoms with van der Waals surface area (Å²) in [4.78, 5) is 0. The summed E-state index contributed by atoms with van der Waals surface area (Å²) in [5.74, 6) is 56.2. The van der Waals surface area contributed by atoms with E-state index in [-0.39, 0.29) is 0 Å². The topological polar surface area (TPSA) is 0 Å². The third-order valence-electron chi connectivity index (χ3n) is 69.4. The predicted molar refractivity (Wildman–Crippen MR) is 497 cm³/mol. The van der Waals surface area contributed by atoms with Crippen molar-refractivity contribution in [1.82, 2.24) is 0 Å². The molecule has 0 aromatic carbocycles. The average Bonchev–Trinajstić information content (AvgIpc) is 0.661. The second-order valence-corrected chi connectivity index (χ2v) is 90.5. The van der Waals surface area contributed by atoms with Crippen molar-refractivity contribution in [3.05, 3.63) is 0 Å². The fraction of sp³-hybridized carbons (Fsp3) is 1.00. The zero-order chi connectivity index (χ0) is 73.7. The van der Waals surface area contributed by atoms with Gasteiger partial charge in [0.15, 0.2) is 0 Å². The third kappa shape index (κ3) is 2.70. The molecule has 51 aliphatic carbocycles. The van der Waals surface area contributed by atoms with Crippen molar-refractivity contribution in [2.75, 3.05) is 0 Å². The van der Waals surface area contributed by atoms with E-state index in [1.165, 1.54) is 290 Å². The molecule has 0 aromatic heterocycles. The van der Waals surface area contributed by atoms with E-state index in [2.05, 4.69) is 65.5 Å². The Kier molecular flexibility index (Phi) is 7.66. The third-order valence-corrected chi connectivity index (χ3v) is 107. The number of fused-ring (bicyclic) bond motifs is 36. The van der Waals surface area contributed by atoms with E-state index in [1.54, 1.807) is 223 Å². The van der Waals surface area contributed by atoms with Crippen molar-refractivity contribution < 1.29 is 0 Å². The number of hydrogen-bond acceptors (Lipinski definition) is 4. The Morgan fingerprint density at radius 1 is 0.297 bits per heavy atom. The molecule has 0 nitrogen and oxygen atoms in total. The molecule has 0 N–H and O–H groups in total. The zero-order valence-electron chi connectivity index (χ0n) is 65.7. The summed E-state index contributed by atoms with van der Waals surface area (Å²) in [6.45, 7) is 9.44. The fourth-order valence-corrected chi connectivity index (χ4v) is 124. The van der Waals surface area contributed by atoms with Gasteiger partial charge < -0.3 is 0 Å². The van der Waals surface area contributed by atoms with Crippen LogP contribution in [0.1, 0.15) is 143 Å². The Bertz CT molecular complexity index is 7260. The van der Waals surface area contributed by atoms with Crippen molar-refractivity contribution in [3.8, 4) is 0 Å². The molecule has 608 valence electrons. The van der Waals surface area contributed by atoms with Gasteiger partial charge in [-0.2, -0.15) is 0 Å². The van der Waals surface area contributed by atoms with Crippen LogP contribution in [-0.4, -0.2) is 0 Å². The highest BCUT2D eigenvalue weighted by atomic mass is 33.5. The van der Waals surface area contributed by atoms with Crippen LogP contribution in [-0.2, 0) is 213 Å². The SMILES string of the molecule is CCCC1C2CC34C5C67C(C8C9CCC9C86C)C6C8C9C%10C%11C%12C%13CC%14C%15C%16C%17C%18C%19C%20CC%21C%22CCCCCCC%12(C%14%13C%15C%16C%17C%18C%19C%21%20)C%11%12CCCCCCC%22C%11C%13C%14C%15C(C)C1%16C1C2%17C3C23C4%18C54C67C85C96C%10%12C7C8C9C%10C%12C%11C%13%11C%14%13C%15%16C1%14C%172C12C%10(C%12%11C%13%141)C91C89C76C54C9%18C132.S=S=S=S=S=S=S=S=S=S=S.S=S=S=S=S=S=S=S=S=S=S=S. The van der Waals surface area contributed by atoms with Crippen LogP contribution in [0.25, 0.3) is 0 Å².